The number of benzene rings is 1. The first kappa shape index (κ1) is 16.9. The number of halogens is 1. The van der Waals surface area contributed by atoms with Gasteiger partial charge in [-0.2, -0.15) is 0 Å². The van der Waals surface area contributed by atoms with Gasteiger partial charge in [-0.05, 0) is 31.0 Å². The normalized spacial score (nSPS) is 10.4. The summed E-state index contributed by atoms with van der Waals surface area (Å²) in [5, 5.41) is 5.97. The maximum Gasteiger partial charge on any atom is 0.270 e. The van der Waals surface area contributed by atoms with E-state index in [1.807, 2.05) is 0 Å². The van der Waals surface area contributed by atoms with Crippen LogP contribution in [0.1, 0.15) is 41.6 Å². The summed E-state index contributed by atoms with van der Waals surface area (Å²) in [7, 11) is 0. The van der Waals surface area contributed by atoms with Crippen molar-refractivity contribution in [1.82, 2.24) is 15.3 Å². The predicted octanol–water partition coefficient (Wildman–Crippen LogP) is 3.07. The Morgan fingerprint density at radius 1 is 1.22 bits per heavy atom. The highest BCUT2D eigenvalue weighted by molar-refractivity contribution is 5.92. The van der Waals surface area contributed by atoms with Gasteiger partial charge in [0, 0.05) is 19.2 Å². The summed E-state index contributed by atoms with van der Waals surface area (Å²) in [6.07, 6.45) is 2.12. The average molecular weight is 316 g/mol. The van der Waals surface area contributed by atoms with Crippen LogP contribution in [0.2, 0.25) is 0 Å². The number of hydrogen-bond acceptors (Lipinski definition) is 4. The third-order valence-corrected chi connectivity index (χ3v) is 3.27. The molecule has 0 radical (unpaired) electrons. The number of nitrogens with one attached hydrogen (secondary N) is 2. The molecule has 1 aromatic carbocycles. The molecule has 2 aromatic rings. The van der Waals surface area contributed by atoms with Crippen LogP contribution < -0.4 is 10.6 Å². The largest absolute Gasteiger partial charge is 0.370 e. The number of carbonyl (C=O) groups excluding carboxylic acids is 1. The Kier molecular flexibility index (Phi) is 6.02. The van der Waals surface area contributed by atoms with E-state index in [9.17, 15) is 9.18 Å². The fourth-order valence-electron chi connectivity index (χ4n) is 2.04. The molecule has 0 bridgehead atoms. The highest BCUT2D eigenvalue weighted by atomic mass is 19.1. The molecule has 1 amide bonds. The van der Waals surface area contributed by atoms with E-state index < -0.39 is 0 Å². The van der Waals surface area contributed by atoms with Crippen molar-refractivity contribution in [2.24, 2.45) is 0 Å². The molecule has 0 saturated heterocycles. The van der Waals surface area contributed by atoms with E-state index >= 15 is 0 Å². The molecule has 0 unspecified atom stereocenters. The maximum absolute atomic E-state index is 12.9. The van der Waals surface area contributed by atoms with Crippen LogP contribution in [-0.2, 0) is 6.54 Å². The molecule has 0 spiro atoms. The zero-order valence-electron chi connectivity index (χ0n) is 13.4. The molecule has 0 atom stereocenters. The van der Waals surface area contributed by atoms with Crippen molar-refractivity contribution in [3.63, 3.8) is 0 Å². The van der Waals surface area contributed by atoms with E-state index in [1.165, 1.54) is 12.1 Å². The molecule has 0 aliphatic rings. The number of rotatable bonds is 7. The van der Waals surface area contributed by atoms with Gasteiger partial charge in [-0.15, -0.1) is 0 Å². The first-order chi connectivity index (χ1) is 11.1. The second kappa shape index (κ2) is 8.22. The van der Waals surface area contributed by atoms with Gasteiger partial charge in [0.05, 0.1) is 0 Å². The number of aromatic nitrogens is 2. The lowest BCUT2D eigenvalue weighted by Crippen LogP contribution is -2.24. The second-order valence-electron chi connectivity index (χ2n) is 5.28. The third-order valence-electron chi connectivity index (χ3n) is 3.27. The van der Waals surface area contributed by atoms with Crippen molar-refractivity contribution in [3.05, 3.63) is 53.2 Å². The molecule has 1 aromatic heterocycles. The van der Waals surface area contributed by atoms with E-state index in [4.69, 9.17) is 0 Å². The van der Waals surface area contributed by atoms with Crippen molar-refractivity contribution in [2.45, 2.75) is 33.2 Å². The topological polar surface area (TPSA) is 66.9 Å². The molecule has 0 aliphatic heterocycles. The number of unbranched alkanes of at least 4 members (excludes halogenated alkanes) is 1. The van der Waals surface area contributed by atoms with Gasteiger partial charge >= 0.3 is 0 Å². The fraction of sp³-hybridized carbons (Fsp3) is 0.353. The molecule has 2 N–H and O–H groups in total. The van der Waals surface area contributed by atoms with Crippen LogP contribution in [0, 0.1) is 12.7 Å². The summed E-state index contributed by atoms with van der Waals surface area (Å²) < 4.78 is 12.9. The molecule has 0 saturated carbocycles. The van der Waals surface area contributed by atoms with Crippen LogP contribution in [0.15, 0.2) is 30.3 Å². The van der Waals surface area contributed by atoms with Crippen LogP contribution in [-0.4, -0.2) is 22.4 Å². The lowest BCUT2D eigenvalue weighted by molar-refractivity contribution is 0.0945. The van der Waals surface area contributed by atoms with Crippen LogP contribution in [0.25, 0.3) is 0 Å². The molecule has 0 fully saturated rings. The zero-order chi connectivity index (χ0) is 16.7. The number of aryl methyl sites for hydroxylation is 1. The predicted molar refractivity (Wildman–Crippen MR) is 87.7 cm³/mol. The lowest BCUT2D eigenvalue weighted by atomic mass is 10.2. The Labute approximate surface area is 135 Å². The standard InChI is InChI=1S/C17H21FN4O/c1-3-4-9-19-16-10-15(21-12(2)22-16)17(23)20-11-13-5-7-14(18)8-6-13/h5-8,10H,3-4,9,11H2,1-2H3,(H,20,23)(H,19,21,22). The van der Waals surface area contributed by atoms with Gasteiger partial charge in [0.15, 0.2) is 0 Å². The highest BCUT2D eigenvalue weighted by Gasteiger charge is 2.10. The molecule has 2 rings (SSSR count). The van der Waals surface area contributed by atoms with Crippen LogP contribution in [0.5, 0.6) is 0 Å². The SMILES string of the molecule is CCCCNc1cc(C(=O)NCc2ccc(F)cc2)nc(C)n1. The number of carbonyl (C=O) groups is 1. The van der Waals surface area contributed by atoms with Crippen molar-refractivity contribution < 1.29 is 9.18 Å². The van der Waals surface area contributed by atoms with E-state index in [0.717, 1.165) is 24.9 Å². The summed E-state index contributed by atoms with van der Waals surface area (Å²) in [5.41, 5.74) is 1.14. The lowest BCUT2D eigenvalue weighted by Gasteiger charge is -2.09. The minimum atomic E-state index is -0.297. The van der Waals surface area contributed by atoms with Gasteiger partial charge < -0.3 is 10.6 Å². The monoisotopic (exact) mass is 316 g/mol. The van der Waals surface area contributed by atoms with Gasteiger partial charge in [-0.25, -0.2) is 14.4 Å². The average Bonchev–Trinajstić information content (AvgIpc) is 2.54. The summed E-state index contributed by atoms with van der Waals surface area (Å²) in [5.74, 6) is 0.615. The van der Waals surface area contributed by atoms with Crippen LogP contribution >= 0.6 is 0 Å². The van der Waals surface area contributed by atoms with Gasteiger partial charge in [0.2, 0.25) is 0 Å². The summed E-state index contributed by atoms with van der Waals surface area (Å²) in [4.78, 5) is 20.7. The molecular weight excluding hydrogens is 295 g/mol. The number of hydrogen-bond donors (Lipinski definition) is 2. The van der Waals surface area contributed by atoms with E-state index in [-0.39, 0.29) is 11.7 Å². The molecule has 0 aliphatic carbocycles. The summed E-state index contributed by atoms with van der Waals surface area (Å²) in [6.45, 7) is 4.99. The zero-order valence-corrected chi connectivity index (χ0v) is 13.4. The molecule has 6 heteroatoms. The molecule has 122 valence electrons. The van der Waals surface area contributed by atoms with Gasteiger partial charge in [0.25, 0.3) is 5.91 Å². The van der Waals surface area contributed by atoms with E-state index in [0.29, 0.717) is 23.9 Å². The van der Waals surface area contributed by atoms with Crippen molar-refractivity contribution in [3.8, 4) is 0 Å². The van der Waals surface area contributed by atoms with E-state index in [1.54, 1.807) is 25.1 Å². The molecular formula is C17H21FN4O. The molecule has 5 nitrogen and oxygen atoms in total. The molecule has 23 heavy (non-hydrogen) atoms. The van der Waals surface area contributed by atoms with Gasteiger partial charge in [0.1, 0.15) is 23.2 Å². The Balaban J connectivity index is 1.99. The highest BCUT2D eigenvalue weighted by Crippen LogP contribution is 2.08. The summed E-state index contributed by atoms with van der Waals surface area (Å²) in [6, 6.07) is 7.65. The minimum Gasteiger partial charge on any atom is -0.370 e. The Morgan fingerprint density at radius 2 is 1.96 bits per heavy atom. The fourth-order valence-corrected chi connectivity index (χ4v) is 2.04. The smallest absolute Gasteiger partial charge is 0.270 e. The molecule has 1 heterocycles. The Bertz CT molecular complexity index is 658. The quantitative estimate of drug-likeness (QED) is 0.770. The maximum atomic E-state index is 12.9. The minimum absolute atomic E-state index is 0.279. The number of anilines is 1. The third kappa shape index (κ3) is 5.32. The number of amides is 1. The second-order valence-corrected chi connectivity index (χ2v) is 5.28. The van der Waals surface area contributed by atoms with Crippen LogP contribution in [0.3, 0.4) is 0 Å². The van der Waals surface area contributed by atoms with Crippen molar-refractivity contribution in [1.29, 1.82) is 0 Å². The van der Waals surface area contributed by atoms with Gasteiger partial charge in [-0.3, -0.25) is 4.79 Å². The van der Waals surface area contributed by atoms with Crippen LogP contribution in [0.4, 0.5) is 10.2 Å². The van der Waals surface area contributed by atoms with Crippen molar-refractivity contribution >= 4 is 11.7 Å². The Morgan fingerprint density at radius 3 is 2.65 bits per heavy atom. The van der Waals surface area contributed by atoms with Crippen molar-refractivity contribution in [2.75, 3.05) is 11.9 Å². The van der Waals surface area contributed by atoms with E-state index in [2.05, 4.69) is 27.5 Å². The van der Waals surface area contributed by atoms with Gasteiger partial charge in [-0.1, -0.05) is 25.5 Å². The number of nitrogens with zero attached hydrogens (tertiary/aromatic N) is 2. The first-order valence-corrected chi connectivity index (χ1v) is 7.70. The first-order valence-electron chi connectivity index (χ1n) is 7.70. The Hall–Kier alpha value is -2.50. The summed E-state index contributed by atoms with van der Waals surface area (Å²) >= 11 is 0.